The molecule has 22 heavy (non-hydrogen) atoms. The number of carbonyl (C=O) groups excluding carboxylic acids is 2. The number of ether oxygens (including phenoxy) is 2. The number of halogens is 2. The van der Waals surface area contributed by atoms with E-state index in [1.54, 1.807) is 0 Å². The molecule has 0 fully saturated rings. The number of nitrogens with zero attached hydrogens (tertiary/aromatic N) is 2. The van der Waals surface area contributed by atoms with E-state index in [9.17, 15) is 9.59 Å². The number of benzene rings is 1. The number of carbonyl (C=O) groups is 2. The van der Waals surface area contributed by atoms with E-state index in [2.05, 4.69) is 19.4 Å². The summed E-state index contributed by atoms with van der Waals surface area (Å²) >= 11 is 12.8. The molecule has 7 nitrogen and oxygen atoms in total. The Morgan fingerprint density at radius 3 is 2.55 bits per heavy atom. The van der Waals surface area contributed by atoms with Crippen LogP contribution in [0.1, 0.15) is 21.0 Å². The van der Waals surface area contributed by atoms with Gasteiger partial charge in [0.15, 0.2) is 5.75 Å². The van der Waals surface area contributed by atoms with Gasteiger partial charge in [-0.3, -0.25) is 10.1 Å². The van der Waals surface area contributed by atoms with Gasteiger partial charge in [0.2, 0.25) is 5.13 Å². The van der Waals surface area contributed by atoms with Gasteiger partial charge in [0.25, 0.3) is 11.7 Å². The summed E-state index contributed by atoms with van der Waals surface area (Å²) in [6.07, 6.45) is 0. The smallest absolute Gasteiger partial charge is 0.377 e. The van der Waals surface area contributed by atoms with Crippen molar-refractivity contribution in [1.82, 2.24) is 9.36 Å². The summed E-state index contributed by atoms with van der Waals surface area (Å²) in [4.78, 5) is 27.4. The minimum Gasteiger partial charge on any atom is -0.494 e. The first kappa shape index (κ1) is 16.5. The van der Waals surface area contributed by atoms with Crippen molar-refractivity contribution in [3.05, 3.63) is 33.6 Å². The number of methoxy groups -OCH3 is 2. The number of aromatic nitrogens is 2. The van der Waals surface area contributed by atoms with Crippen molar-refractivity contribution in [2.45, 2.75) is 0 Å². The number of hydrogen-bond acceptors (Lipinski definition) is 7. The molecule has 1 N–H and O–H groups in total. The van der Waals surface area contributed by atoms with Crippen molar-refractivity contribution in [1.29, 1.82) is 0 Å². The molecule has 0 spiro atoms. The van der Waals surface area contributed by atoms with E-state index in [0.29, 0.717) is 0 Å². The summed E-state index contributed by atoms with van der Waals surface area (Å²) in [6, 6.07) is 2.99. The van der Waals surface area contributed by atoms with Crippen molar-refractivity contribution >= 4 is 51.7 Å². The molecule has 1 heterocycles. The molecule has 0 bridgehead atoms. The number of nitrogens with one attached hydrogen (secondary N) is 1. The van der Waals surface area contributed by atoms with Crippen LogP contribution in [0.15, 0.2) is 12.1 Å². The van der Waals surface area contributed by atoms with Gasteiger partial charge in [-0.05, 0) is 12.1 Å². The summed E-state index contributed by atoms with van der Waals surface area (Å²) in [5.41, 5.74) is 0.0616. The van der Waals surface area contributed by atoms with E-state index in [-0.39, 0.29) is 32.3 Å². The van der Waals surface area contributed by atoms with Crippen LogP contribution in [0.5, 0.6) is 5.75 Å². The Hall–Kier alpha value is -1.90. The molecule has 0 aliphatic heterocycles. The highest BCUT2D eigenvalue weighted by atomic mass is 35.5. The molecule has 0 aliphatic rings. The summed E-state index contributed by atoms with van der Waals surface area (Å²) in [5, 5.41) is 2.99. The van der Waals surface area contributed by atoms with E-state index < -0.39 is 11.9 Å². The standard InChI is InChI=1S/C12H9Cl2N3O4S/c1-20-8-6(14)4-3-5(13)7(8)10(18)16-12-15-9(17-22-12)11(19)21-2/h3-4H,1-2H3,(H,15,16,17,18). The second-order valence-electron chi connectivity index (χ2n) is 3.81. The van der Waals surface area contributed by atoms with Crippen LogP contribution >= 0.6 is 34.7 Å². The minimum absolute atomic E-state index is 0.0616. The molecule has 0 atom stereocenters. The molecule has 0 aliphatic carbocycles. The van der Waals surface area contributed by atoms with Crippen molar-refractivity contribution in [2.24, 2.45) is 0 Å². The molecule has 2 aromatic rings. The Morgan fingerprint density at radius 2 is 1.91 bits per heavy atom. The third kappa shape index (κ3) is 3.29. The fourth-order valence-electron chi connectivity index (χ4n) is 1.55. The topological polar surface area (TPSA) is 90.4 Å². The molecule has 116 valence electrons. The SMILES string of the molecule is COC(=O)c1nsc(NC(=O)c2c(Cl)ccc(Cl)c2OC)n1. The lowest BCUT2D eigenvalue weighted by Gasteiger charge is -2.11. The van der Waals surface area contributed by atoms with E-state index >= 15 is 0 Å². The zero-order valence-corrected chi connectivity index (χ0v) is 13.7. The van der Waals surface area contributed by atoms with Gasteiger partial charge in [-0.15, -0.1) is 0 Å². The third-order valence-corrected chi connectivity index (χ3v) is 3.75. The Kier molecular flexibility index (Phi) is 5.17. The molecule has 10 heteroatoms. The Labute approximate surface area is 139 Å². The van der Waals surface area contributed by atoms with E-state index in [1.165, 1.54) is 26.4 Å². The molecular weight excluding hydrogens is 353 g/mol. The van der Waals surface area contributed by atoms with Crippen LogP contribution in [0.2, 0.25) is 10.0 Å². The van der Waals surface area contributed by atoms with Crippen molar-refractivity contribution in [2.75, 3.05) is 19.5 Å². The van der Waals surface area contributed by atoms with Gasteiger partial charge >= 0.3 is 5.97 Å². The fraction of sp³-hybridized carbons (Fsp3) is 0.167. The van der Waals surface area contributed by atoms with Gasteiger partial charge in [-0.1, -0.05) is 23.2 Å². The predicted octanol–water partition coefficient (Wildman–Crippen LogP) is 2.89. The second-order valence-corrected chi connectivity index (χ2v) is 5.37. The highest BCUT2D eigenvalue weighted by Crippen LogP contribution is 2.34. The summed E-state index contributed by atoms with van der Waals surface area (Å²) < 4.78 is 13.3. The molecule has 1 amide bonds. The van der Waals surface area contributed by atoms with E-state index in [0.717, 1.165) is 11.5 Å². The Bertz CT molecular complexity index is 735. The molecule has 1 aromatic carbocycles. The highest BCUT2D eigenvalue weighted by molar-refractivity contribution is 7.10. The second kappa shape index (κ2) is 6.91. The number of anilines is 1. The average Bonchev–Trinajstić information content (AvgIpc) is 2.96. The van der Waals surface area contributed by atoms with E-state index in [1.807, 2.05) is 0 Å². The minimum atomic E-state index is -0.699. The molecule has 2 rings (SSSR count). The Morgan fingerprint density at radius 1 is 1.23 bits per heavy atom. The lowest BCUT2D eigenvalue weighted by molar-refractivity contribution is 0.0588. The quantitative estimate of drug-likeness (QED) is 0.841. The third-order valence-electron chi connectivity index (χ3n) is 2.50. The van der Waals surface area contributed by atoms with Crippen LogP contribution in [-0.2, 0) is 4.74 Å². The van der Waals surface area contributed by atoms with Crippen molar-refractivity contribution in [3.63, 3.8) is 0 Å². The Balaban J connectivity index is 2.28. The first-order valence-corrected chi connectivity index (χ1v) is 7.26. The molecular formula is C12H9Cl2N3O4S. The molecule has 0 radical (unpaired) electrons. The molecule has 0 saturated heterocycles. The first-order chi connectivity index (χ1) is 10.5. The maximum absolute atomic E-state index is 12.3. The number of rotatable bonds is 4. The number of amides is 1. The first-order valence-electron chi connectivity index (χ1n) is 5.73. The molecule has 0 saturated carbocycles. The maximum atomic E-state index is 12.3. The normalized spacial score (nSPS) is 10.2. The van der Waals surface area contributed by atoms with Gasteiger partial charge in [-0.25, -0.2) is 4.79 Å². The monoisotopic (exact) mass is 361 g/mol. The zero-order chi connectivity index (χ0) is 16.3. The van der Waals surface area contributed by atoms with Crippen LogP contribution in [0.3, 0.4) is 0 Å². The fourth-order valence-corrected chi connectivity index (χ4v) is 2.58. The van der Waals surface area contributed by atoms with E-state index in [4.69, 9.17) is 27.9 Å². The van der Waals surface area contributed by atoms with Gasteiger partial charge in [0.1, 0.15) is 5.56 Å². The van der Waals surface area contributed by atoms with Crippen LogP contribution in [0.4, 0.5) is 5.13 Å². The van der Waals surface area contributed by atoms with Crippen molar-refractivity contribution < 1.29 is 19.1 Å². The molecule has 0 unspecified atom stereocenters. The predicted molar refractivity (Wildman–Crippen MR) is 82.2 cm³/mol. The van der Waals surface area contributed by atoms with Crippen LogP contribution < -0.4 is 10.1 Å². The van der Waals surface area contributed by atoms with Crippen LogP contribution in [0.25, 0.3) is 0 Å². The summed E-state index contributed by atoms with van der Waals surface area (Å²) in [5.74, 6) is -1.29. The largest absolute Gasteiger partial charge is 0.494 e. The van der Waals surface area contributed by atoms with Gasteiger partial charge in [0, 0.05) is 11.5 Å². The maximum Gasteiger partial charge on any atom is 0.377 e. The lowest BCUT2D eigenvalue weighted by atomic mass is 10.2. The number of esters is 1. The average molecular weight is 362 g/mol. The van der Waals surface area contributed by atoms with Gasteiger partial charge in [0.05, 0.1) is 24.3 Å². The zero-order valence-electron chi connectivity index (χ0n) is 11.3. The lowest BCUT2D eigenvalue weighted by Crippen LogP contribution is -2.14. The molecule has 1 aromatic heterocycles. The summed E-state index contributed by atoms with van der Waals surface area (Å²) in [6.45, 7) is 0. The van der Waals surface area contributed by atoms with Crippen molar-refractivity contribution in [3.8, 4) is 5.75 Å². The highest BCUT2D eigenvalue weighted by Gasteiger charge is 2.21. The van der Waals surface area contributed by atoms with Crippen LogP contribution in [-0.4, -0.2) is 35.5 Å². The number of hydrogen-bond donors (Lipinski definition) is 1. The van der Waals surface area contributed by atoms with Crippen LogP contribution in [0, 0.1) is 0 Å². The van der Waals surface area contributed by atoms with Gasteiger partial charge in [-0.2, -0.15) is 9.36 Å². The summed E-state index contributed by atoms with van der Waals surface area (Å²) in [7, 11) is 2.58. The van der Waals surface area contributed by atoms with Gasteiger partial charge < -0.3 is 9.47 Å².